The molecule has 0 aromatic rings. The van der Waals surface area contributed by atoms with Gasteiger partial charge in [0.2, 0.25) is 0 Å². The van der Waals surface area contributed by atoms with Gasteiger partial charge in [0.1, 0.15) is 0 Å². The van der Waals surface area contributed by atoms with Gasteiger partial charge in [0.15, 0.2) is 0 Å². The van der Waals surface area contributed by atoms with Gasteiger partial charge in [-0.1, -0.05) is 40.0 Å². The molecule has 0 radical (unpaired) electrons. The van der Waals surface area contributed by atoms with Gasteiger partial charge in [-0.2, -0.15) is 0 Å². The molecule has 1 rings (SSSR count). The zero-order chi connectivity index (χ0) is 12.7. The Morgan fingerprint density at radius 3 is 2.29 bits per heavy atom. The van der Waals surface area contributed by atoms with Crippen molar-refractivity contribution < 1.29 is 0 Å². The first kappa shape index (κ1) is 15.0. The Morgan fingerprint density at radius 2 is 1.71 bits per heavy atom. The lowest BCUT2D eigenvalue weighted by molar-refractivity contribution is 0.169. The average molecular weight is 240 g/mol. The summed E-state index contributed by atoms with van der Waals surface area (Å²) in [6, 6.07) is 0.858. The smallest absolute Gasteiger partial charge is 0.00923 e. The van der Waals surface area contributed by atoms with Crippen molar-refractivity contribution in [3.05, 3.63) is 0 Å². The molecule has 0 aromatic heterocycles. The second-order valence-electron chi connectivity index (χ2n) is 6.39. The SMILES string of the molecule is CC(C)CNCC(C)CN(C)C1CCCCC1. The summed E-state index contributed by atoms with van der Waals surface area (Å²) in [6.45, 7) is 10.5. The molecule has 0 aromatic carbocycles. The predicted molar refractivity (Wildman–Crippen MR) is 76.4 cm³/mol. The fraction of sp³-hybridized carbons (Fsp3) is 1.00. The van der Waals surface area contributed by atoms with Crippen LogP contribution in [0.5, 0.6) is 0 Å². The average Bonchev–Trinajstić information content (AvgIpc) is 2.29. The third-order valence-corrected chi connectivity index (χ3v) is 3.84. The largest absolute Gasteiger partial charge is 0.316 e. The minimum Gasteiger partial charge on any atom is -0.316 e. The zero-order valence-electron chi connectivity index (χ0n) is 12.3. The van der Waals surface area contributed by atoms with E-state index in [1.54, 1.807) is 0 Å². The number of nitrogens with zero attached hydrogens (tertiary/aromatic N) is 1. The highest BCUT2D eigenvalue weighted by Crippen LogP contribution is 2.22. The van der Waals surface area contributed by atoms with Crippen LogP contribution >= 0.6 is 0 Å². The van der Waals surface area contributed by atoms with E-state index in [4.69, 9.17) is 0 Å². The third-order valence-electron chi connectivity index (χ3n) is 3.84. The molecular weight excluding hydrogens is 208 g/mol. The molecule has 2 nitrogen and oxygen atoms in total. The van der Waals surface area contributed by atoms with Crippen LogP contribution in [0.1, 0.15) is 52.9 Å². The first-order chi connectivity index (χ1) is 8.09. The molecule has 102 valence electrons. The van der Waals surface area contributed by atoms with E-state index in [1.807, 2.05) is 0 Å². The Morgan fingerprint density at radius 1 is 1.06 bits per heavy atom. The lowest BCUT2D eigenvalue weighted by Gasteiger charge is -2.33. The van der Waals surface area contributed by atoms with Crippen LogP contribution in [-0.2, 0) is 0 Å². The van der Waals surface area contributed by atoms with Gasteiger partial charge in [0.05, 0.1) is 0 Å². The first-order valence-corrected chi connectivity index (χ1v) is 7.50. The fourth-order valence-corrected chi connectivity index (χ4v) is 2.85. The number of rotatable bonds is 7. The molecule has 1 N–H and O–H groups in total. The summed E-state index contributed by atoms with van der Waals surface area (Å²) < 4.78 is 0. The summed E-state index contributed by atoms with van der Waals surface area (Å²) >= 11 is 0. The van der Waals surface area contributed by atoms with Crippen LogP contribution in [0.4, 0.5) is 0 Å². The zero-order valence-corrected chi connectivity index (χ0v) is 12.3. The maximum atomic E-state index is 3.57. The second-order valence-corrected chi connectivity index (χ2v) is 6.39. The lowest BCUT2D eigenvalue weighted by Crippen LogP contribution is -2.39. The minimum atomic E-state index is 0.762. The summed E-state index contributed by atoms with van der Waals surface area (Å²) in [7, 11) is 2.31. The van der Waals surface area contributed by atoms with Gasteiger partial charge in [0.25, 0.3) is 0 Å². The van der Waals surface area contributed by atoms with Gasteiger partial charge >= 0.3 is 0 Å². The molecule has 1 aliphatic carbocycles. The van der Waals surface area contributed by atoms with Crippen LogP contribution in [0.2, 0.25) is 0 Å². The van der Waals surface area contributed by atoms with Crippen molar-refractivity contribution in [2.75, 3.05) is 26.7 Å². The van der Waals surface area contributed by atoms with Crippen molar-refractivity contribution in [1.29, 1.82) is 0 Å². The van der Waals surface area contributed by atoms with Crippen molar-refractivity contribution >= 4 is 0 Å². The second kappa shape index (κ2) is 8.10. The van der Waals surface area contributed by atoms with E-state index in [1.165, 1.54) is 38.6 Å². The molecule has 0 heterocycles. The van der Waals surface area contributed by atoms with Gasteiger partial charge in [-0.15, -0.1) is 0 Å². The van der Waals surface area contributed by atoms with Gasteiger partial charge in [-0.05, 0) is 44.8 Å². The minimum absolute atomic E-state index is 0.762. The first-order valence-electron chi connectivity index (χ1n) is 7.50. The van der Waals surface area contributed by atoms with Crippen molar-refractivity contribution in [2.45, 2.75) is 58.9 Å². The van der Waals surface area contributed by atoms with Gasteiger partial charge in [-0.3, -0.25) is 0 Å². The van der Waals surface area contributed by atoms with Gasteiger partial charge in [0, 0.05) is 12.6 Å². The molecule has 17 heavy (non-hydrogen) atoms. The summed E-state index contributed by atoms with van der Waals surface area (Å²) in [4.78, 5) is 2.60. The van der Waals surface area contributed by atoms with Crippen LogP contribution < -0.4 is 5.32 Å². The van der Waals surface area contributed by atoms with E-state index in [0.717, 1.165) is 31.0 Å². The van der Waals surface area contributed by atoms with E-state index in [9.17, 15) is 0 Å². The van der Waals surface area contributed by atoms with E-state index < -0.39 is 0 Å². The van der Waals surface area contributed by atoms with Gasteiger partial charge in [-0.25, -0.2) is 0 Å². The van der Waals surface area contributed by atoms with Crippen LogP contribution in [0.3, 0.4) is 0 Å². The summed E-state index contributed by atoms with van der Waals surface area (Å²) in [6.07, 6.45) is 7.17. The maximum Gasteiger partial charge on any atom is 0.00923 e. The number of hydrogen-bond donors (Lipinski definition) is 1. The molecule has 0 amide bonds. The topological polar surface area (TPSA) is 15.3 Å². The summed E-state index contributed by atoms with van der Waals surface area (Å²) in [5.41, 5.74) is 0. The summed E-state index contributed by atoms with van der Waals surface area (Å²) in [5.74, 6) is 1.53. The monoisotopic (exact) mass is 240 g/mol. The predicted octanol–water partition coefficient (Wildman–Crippen LogP) is 3.13. The molecule has 1 atom stereocenters. The molecule has 2 heteroatoms. The quantitative estimate of drug-likeness (QED) is 0.735. The van der Waals surface area contributed by atoms with E-state index in [-0.39, 0.29) is 0 Å². The highest BCUT2D eigenvalue weighted by molar-refractivity contribution is 4.75. The van der Waals surface area contributed by atoms with E-state index in [2.05, 4.69) is 38.0 Å². The molecule has 0 bridgehead atoms. The normalized spacial score (nSPS) is 20.1. The Bertz CT molecular complexity index is 185. The van der Waals surface area contributed by atoms with Gasteiger partial charge < -0.3 is 10.2 Å². The molecule has 1 aliphatic rings. The summed E-state index contributed by atoms with van der Waals surface area (Å²) in [5, 5.41) is 3.57. The Balaban J connectivity index is 2.13. The lowest BCUT2D eigenvalue weighted by atomic mass is 9.94. The Labute approximate surface area is 108 Å². The van der Waals surface area contributed by atoms with E-state index in [0.29, 0.717) is 0 Å². The highest BCUT2D eigenvalue weighted by Gasteiger charge is 2.19. The van der Waals surface area contributed by atoms with E-state index >= 15 is 0 Å². The molecule has 1 unspecified atom stereocenters. The molecular formula is C15H32N2. The highest BCUT2D eigenvalue weighted by atomic mass is 15.1. The standard InChI is InChI=1S/C15H32N2/c1-13(2)10-16-11-14(3)12-17(4)15-8-6-5-7-9-15/h13-16H,5-12H2,1-4H3. The van der Waals surface area contributed by atoms with Crippen LogP contribution in [-0.4, -0.2) is 37.6 Å². The third kappa shape index (κ3) is 6.42. The number of hydrogen-bond acceptors (Lipinski definition) is 2. The molecule has 1 saturated carbocycles. The van der Waals surface area contributed by atoms with Crippen LogP contribution in [0, 0.1) is 11.8 Å². The number of nitrogens with one attached hydrogen (secondary N) is 1. The maximum absolute atomic E-state index is 3.57. The Hall–Kier alpha value is -0.0800. The van der Waals surface area contributed by atoms with Crippen molar-refractivity contribution in [3.63, 3.8) is 0 Å². The van der Waals surface area contributed by atoms with Crippen LogP contribution in [0.15, 0.2) is 0 Å². The molecule has 1 fully saturated rings. The van der Waals surface area contributed by atoms with Crippen molar-refractivity contribution in [2.24, 2.45) is 11.8 Å². The van der Waals surface area contributed by atoms with Crippen LogP contribution in [0.25, 0.3) is 0 Å². The molecule has 0 saturated heterocycles. The van der Waals surface area contributed by atoms with Crippen molar-refractivity contribution in [1.82, 2.24) is 10.2 Å². The molecule has 0 aliphatic heterocycles. The fourth-order valence-electron chi connectivity index (χ4n) is 2.85. The molecule has 0 spiro atoms. The van der Waals surface area contributed by atoms with Crippen molar-refractivity contribution in [3.8, 4) is 0 Å². The Kier molecular flexibility index (Phi) is 7.14.